The van der Waals surface area contributed by atoms with Gasteiger partial charge in [-0.1, -0.05) is 17.7 Å². The van der Waals surface area contributed by atoms with Crippen molar-refractivity contribution < 1.29 is 9.53 Å². The molecule has 2 N–H and O–H groups in total. The Bertz CT molecular complexity index is 614. The standard InChI is InChI=1S/C16H17ClN2O2/c1-19(16(20)12-3-2-4-14(18)11-12)9-10-21-15-7-5-13(17)6-8-15/h2-8,11H,9-10,18H2,1H3. The Morgan fingerprint density at radius 2 is 1.95 bits per heavy atom. The van der Waals surface area contributed by atoms with Crippen LogP contribution in [0.3, 0.4) is 0 Å². The number of rotatable bonds is 5. The fourth-order valence-electron chi connectivity index (χ4n) is 1.82. The van der Waals surface area contributed by atoms with Crippen LogP contribution in [0.2, 0.25) is 5.02 Å². The van der Waals surface area contributed by atoms with E-state index in [9.17, 15) is 4.79 Å². The van der Waals surface area contributed by atoms with Crippen LogP contribution in [0.4, 0.5) is 5.69 Å². The molecule has 5 heteroatoms. The van der Waals surface area contributed by atoms with E-state index in [0.717, 1.165) is 5.75 Å². The number of nitrogens with two attached hydrogens (primary N) is 1. The molecule has 0 spiro atoms. The van der Waals surface area contributed by atoms with Crippen molar-refractivity contribution in [2.45, 2.75) is 0 Å². The normalized spacial score (nSPS) is 10.2. The van der Waals surface area contributed by atoms with Crippen molar-refractivity contribution in [1.82, 2.24) is 4.90 Å². The Kier molecular flexibility index (Phi) is 5.06. The molecule has 0 aliphatic carbocycles. The van der Waals surface area contributed by atoms with Gasteiger partial charge in [-0.2, -0.15) is 0 Å². The zero-order valence-corrected chi connectivity index (χ0v) is 12.5. The Morgan fingerprint density at radius 3 is 2.62 bits per heavy atom. The van der Waals surface area contributed by atoms with Gasteiger partial charge in [0.1, 0.15) is 12.4 Å². The molecule has 0 aromatic heterocycles. The lowest BCUT2D eigenvalue weighted by Gasteiger charge is -2.17. The predicted molar refractivity (Wildman–Crippen MR) is 84.8 cm³/mol. The summed E-state index contributed by atoms with van der Waals surface area (Å²) in [6.07, 6.45) is 0. The molecule has 0 saturated heterocycles. The third-order valence-electron chi connectivity index (χ3n) is 2.99. The monoisotopic (exact) mass is 304 g/mol. The predicted octanol–water partition coefficient (Wildman–Crippen LogP) is 3.07. The average molecular weight is 305 g/mol. The van der Waals surface area contributed by atoms with E-state index in [1.54, 1.807) is 60.5 Å². The van der Waals surface area contributed by atoms with E-state index in [1.165, 1.54) is 0 Å². The van der Waals surface area contributed by atoms with Gasteiger partial charge in [-0.05, 0) is 42.5 Å². The molecule has 0 unspecified atom stereocenters. The number of hydrogen-bond donors (Lipinski definition) is 1. The molecular weight excluding hydrogens is 288 g/mol. The highest BCUT2D eigenvalue weighted by Crippen LogP contribution is 2.15. The topological polar surface area (TPSA) is 55.6 Å². The number of likely N-dealkylation sites (N-methyl/N-ethyl adjacent to an activating group) is 1. The molecule has 110 valence electrons. The van der Waals surface area contributed by atoms with Gasteiger partial charge in [-0.3, -0.25) is 4.79 Å². The van der Waals surface area contributed by atoms with Crippen LogP contribution >= 0.6 is 11.6 Å². The first-order valence-electron chi connectivity index (χ1n) is 6.55. The SMILES string of the molecule is CN(CCOc1ccc(Cl)cc1)C(=O)c1cccc(N)c1. The number of halogens is 1. The summed E-state index contributed by atoms with van der Waals surface area (Å²) >= 11 is 5.80. The summed E-state index contributed by atoms with van der Waals surface area (Å²) in [5, 5.41) is 0.663. The molecule has 2 rings (SSSR count). The van der Waals surface area contributed by atoms with E-state index in [4.69, 9.17) is 22.1 Å². The number of nitrogen functional groups attached to an aromatic ring is 1. The minimum absolute atomic E-state index is 0.0815. The minimum Gasteiger partial charge on any atom is -0.492 e. The van der Waals surface area contributed by atoms with Gasteiger partial charge >= 0.3 is 0 Å². The molecule has 0 heterocycles. The van der Waals surface area contributed by atoms with Crippen LogP contribution < -0.4 is 10.5 Å². The maximum atomic E-state index is 12.2. The van der Waals surface area contributed by atoms with Gasteiger partial charge in [0.05, 0.1) is 6.54 Å². The van der Waals surface area contributed by atoms with Gasteiger partial charge in [-0.15, -0.1) is 0 Å². The number of nitrogens with zero attached hydrogens (tertiary/aromatic N) is 1. The fourth-order valence-corrected chi connectivity index (χ4v) is 1.95. The lowest BCUT2D eigenvalue weighted by molar-refractivity contribution is 0.0774. The fraction of sp³-hybridized carbons (Fsp3) is 0.188. The van der Waals surface area contributed by atoms with E-state index < -0.39 is 0 Å². The first kappa shape index (κ1) is 15.2. The van der Waals surface area contributed by atoms with E-state index in [-0.39, 0.29) is 5.91 Å². The Balaban J connectivity index is 1.85. The third kappa shape index (κ3) is 4.39. The van der Waals surface area contributed by atoms with Gasteiger partial charge < -0.3 is 15.4 Å². The highest BCUT2D eigenvalue weighted by Gasteiger charge is 2.11. The lowest BCUT2D eigenvalue weighted by atomic mass is 10.2. The van der Waals surface area contributed by atoms with Crippen molar-refractivity contribution in [3.05, 3.63) is 59.1 Å². The average Bonchev–Trinajstić information content (AvgIpc) is 2.48. The number of carbonyl (C=O) groups is 1. The highest BCUT2D eigenvalue weighted by molar-refractivity contribution is 6.30. The Hall–Kier alpha value is -2.20. The van der Waals surface area contributed by atoms with E-state index in [1.807, 2.05) is 0 Å². The molecule has 0 bridgehead atoms. The van der Waals surface area contributed by atoms with Crippen LogP contribution in [0.25, 0.3) is 0 Å². The molecule has 0 fully saturated rings. The third-order valence-corrected chi connectivity index (χ3v) is 3.24. The van der Waals surface area contributed by atoms with Crippen molar-refractivity contribution in [2.24, 2.45) is 0 Å². The highest BCUT2D eigenvalue weighted by atomic mass is 35.5. The number of benzene rings is 2. The maximum Gasteiger partial charge on any atom is 0.253 e. The largest absolute Gasteiger partial charge is 0.492 e. The number of anilines is 1. The second-order valence-corrected chi connectivity index (χ2v) is 5.09. The number of carbonyl (C=O) groups excluding carboxylic acids is 1. The molecule has 0 radical (unpaired) electrons. The van der Waals surface area contributed by atoms with Crippen LogP contribution in [-0.4, -0.2) is 31.0 Å². The van der Waals surface area contributed by atoms with Crippen molar-refractivity contribution in [1.29, 1.82) is 0 Å². The molecule has 0 atom stereocenters. The van der Waals surface area contributed by atoms with Crippen LogP contribution in [0.1, 0.15) is 10.4 Å². The van der Waals surface area contributed by atoms with Crippen LogP contribution in [0, 0.1) is 0 Å². The Labute approximate surface area is 129 Å². The quantitative estimate of drug-likeness (QED) is 0.864. The molecule has 0 aliphatic rings. The van der Waals surface area contributed by atoms with Crippen molar-refractivity contribution >= 4 is 23.2 Å². The summed E-state index contributed by atoms with van der Waals surface area (Å²) in [5.74, 6) is 0.645. The number of ether oxygens (including phenoxy) is 1. The molecule has 21 heavy (non-hydrogen) atoms. The molecule has 2 aromatic carbocycles. The Morgan fingerprint density at radius 1 is 1.24 bits per heavy atom. The lowest BCUT2D eigenvalue weighted by Crippen LogP contribution is -2.30. The maximum absolute atomic E-state index is 12.2. The number of amides is 1. The zero-order chi connectivity index (χ0) is 15.2. The van der Waals surface area contributed by atoms with Gasteiger partial charge in [-0.25, -0.2) is 0 Å². The van der Waals surface area contributed by atoms with Gasteiger partial charge in [0.2, 0.25) is 0 Å². The summed E-state index contributed by atoms with van der Waals surface area (Å²) in [7, 11) is 1.73. The number of hydrogen-bond acceptors (Lipinski definition) is 3. The van der Waals surface area contributed by atoms with Crippen molar-refractivity contribution in [3.63, 3.8) is 0 Å². The van der Waals surface area contributed by atoms with Gasteiger partial charge in [0.25, 0.3) is 5.91 Å². The van der Waals surface area contributed by atoms with E-state index in [2.05, 4.69) is 0 Å². The molecular formula is C16H17ClN2O2. The summed E-state index contributed by atoms with van der Waals surface area (Å²) in [4.78, 5) is 13.8. The minimum atomic E-state index is -0.0815. The summed E-state index contributed by atoms with van der Waals surface area (Å²) in [6.45, 7) is 0.891. The summed E-state index contributed by atoms with van der Waals surface area (Å²) < 4.78 is 5.56. The van der Waals surface area contributed by atoms with Crippen LogP contribution in [0.15, 0.2) is 48.5 Å². The smallest absolute Gasteiger partial charge is 0.253 e. The zero-order valence-electron chi connectivity index (χ0n) is 11.8. The second kappa shape index (κ2) is 6.99. The first-order valence-corrected chi connectivity index (χ1v) is 6.93. The van der Waals surface area contributed by atoms with Crippen molar-refractivity contribution in [2.75, 3.05) is 25.9 Å². The van der Waals surface area contributed by atoms with E-state index in [0.29, 0.717) is 29.4 Å². The molecule has 1 amide bonds. The first-order chi connectivity index (χ1) is 10.1. The molecule has 4 nitrogen and oxygen atoms in total. The molecule has 0 aliphatic heterocycles. The summed E-state index contributed by atoms with van der Waals surface area (Å²) in [5.41, 5.74) is 6.83. The van der Waals surface area contributed by atoms with Crippen molar-refractivity contribution in [3.8, 4) is 5.75 Å². The van der Waals surface area contributed by atoms with Gasteiger partial charge in [0, 0.05) is 23.3 Å². The molecule has 0 saturated carbocycles. The van der Waals surface area contributed by atoms with Crippen LogP contribution in [-0.2, 0) is 0 Å². The van der Waals surface area contributed by atoms with Crippen LogP contribution in [0.5, 0.6) is 5.75 Å². The van der Waals surface area contributed by atoms with E-state index >= 15 is 0 Å². The summed E-state index contributed by atoms with van der Waals surface area (Å²) in [6, 6.07) is 14.0. The van der Waals surface area contributed by atoms with Gasteiger partial charge in [0.15, 0.2) is 0 Å². The second-order valence-electron chi connectivity index (χ2n) is 4.65. The molecule has 2 aromatic rings.